The number of aromatic amines is 1. The predicted molar refractivity (Wildman–Crippen MR) is 137 cm³/mol. The van der Waals surface area contributed by atoms with Gasteiger partial charge in [0.25, 0.3) is 0 Å². The fourth-order valence-electron chi connectivity index (χ4n) is 4.24. The minimum atomic E-state index is -1.20. The largest absolute Gasteiger partial charge is 0.477 e. The van der Waals surface area contributed by atoms with E-state index in [-0.39, 0.29) is 45.5 Å². The van der Waals surface area contributed by atoms with Crippen molar-refractivity contribution in [2.24, 2.45) is 5.92 Å². The first-order valence-electron chi connectivity index (χ1n) is 11.5. The van der Waals surface area contributed by atoms with Gasteiger partial charge in [-0.3, -0.25) is 9.78 Å². The number of ketones is 1. The number of nitrogens with zero attached hydrogens (tertiary/aromatic N) is 3. The zero-order valence-electron chi connectivity index (χ0n) is 19.7. The highest BCUT2D eigenvalue weighted by Gasteiger charge is 2.35. The van der Waals surface area contributed by atoms with E-state index in [2.05, 4.69) is 15.0 Å². The number of carbonyl (C=O) groups is 2. The number of hydrogen-bond donors (Lipinski definition) is 2. The van der Waals surface area contributed by atoms with Gasteiger partial charge in [0.05, 0.1) is 16.1 Å². The molecule has 0 aromatic carbocycles. The number of aryl methyl sites for hydroxylation is 1. The molecule has 0 spiro atoms. The maximum Gasteiger partial charge on any atom is 0.348 e. The topological polar surface area (TPSA) is 108 Å². The number of Topliss-reactive ketones (excluding diaryl/α,β-unsaturated/α-hetero) is 1. The Bertz CT molecular complexity index is 1280. The van der Waals surface area contributed by atoms with Crippen LogP contribution >= 0.6 is 34.5 Å². The third-order valence-electron chi connectivity index (χ3n) is 6.08. The van der Waals surface area contributed by atoms with Crippen molar-refractivity contribution >= 4 is 51.4 Å². The molecule has 4 rings (SSSR count). The molecule has 12 heteroatoms. The molecule has 0 saturated carbocycles. The number of aromatic nitrogens is 3. The number of thiazole rings is 1. The lowest BCUT2D eigenvalue weighted by Crippen LogP contribution is -2.46. The fourth-order valence-corrected chi connectivity index (χ4v) is 5.62. The van der Waals surface area contributed by atoms with Crippen LogP contribution in [0.1, 0.15) is 52.0 Å². The molecular weight excluding hydrogens is 530 g/mol. The highest BCUT2D eigenvalue weighted by molar-refractivity contribution is 7.17. The van der Waals surface area contributed by atoms with Gasteiger partial charge in [0.1, 0.15) is 22.0 Å². The molecule has 0 radical (unpaired) electrons. The molecule has 1 aliphatic heterocycles. The SMILES string of the molecule is CCCO[C@H]1CN(c2nc(-c3ncccc3F)c(C(=O)O)s2)CC[C@H]1CC(=O)c1[nH]c(C)c(Cl)c1Cl. The molecule has 0 unspecified atom stereocenters. The van der Waals surface area contributed by atoms with Gasteiger partial charge >= 0.3 is 5.97 Å². The number of aromatic carboxylic acids is 1. The fraction of sp³-hybridized carbons (Fsp3) is 0.417. The Hall–Kier alpha value is -2.53. The average molecular weight is 555 g/mol. The van der Waals surface area contributed by atoms with Gasteiger partial charge in [0.15, 0.2) is 16.7 Å². The first-order chi connectivity index (χ1) is 17.2. The van der Waals surface area contributed by atoms with Crippen molar-refractivity contribution in [2.45, 2.75) is 39.2 Å². The molecule has 0 bridgehead atoms. The number of carbonyl (C=O) groups excluding carboxylic acids is 1. The lowest BCUT2D eigenvalue weighted by molar-refractivity contribution is 0.00383. The second kappa shape index (κ2) is 11.2. The summed E-state index contributed by atoms with van der Waals surface area (Å²) >= 11 is 13.4. The van der Waals surface area contributed by atoms with Gasteiger partial charge in [-0.25, -0.2) is 14.2 Å². The molecule has 0 amide bonds. The Labute approximate surface area is 221 Å². The second-order valence-corrected chi connectivity index (χ2v) is 10.3. The lowest BCUT2D eigenvalue weighted by atomic mass is 9.88. The minimum Gasteiger partial charge on any atom is -0.477 e. The summed E-state index contributed by atoms with van der Waals surface area (Å²) in [5.41, 5.74) is 0.826. The number of H-pyrrole nitrogens is 1. The van der Waals surface area contributed by atoms with Crippen molar-refractivity contribution in [3.05, 3.63) is 50.5 Å². The molecule has 4 heterocycles. The van der Waals surface area contributed by atoms with Crippen LogP contribution in [0.25, 0.3) is 11.4 Å². The van der Waals surface area contributed by atoms with Crippen molar-refractivity contribution in [3.63, 3.8) is 0 Å². The molecule has 1 saturated heterocycles. The van der Waals surface area contributed by atoms with Crippen molar-refractivity contribution in [2.75, 3.05) is 24.6 Å². The Balaban J connectivity index is 1.56. The molecular formula is C24H25Cl2FN4O4S. The van der Waals surface area contributed by atoms with E-state index in [9.17, 15) is 19.1 Å². The normalized spacial score (nSPS) is 18.0. The third kappa shape index (κ3) is 5.41. The average Bonchev–Trinajstić information content (AvgIpc) is 3.41. The zero-order valence-corrected chi connectivity index (χ0v) is 22.0. The van der Waals surface area contributed by atoms with Gasteiger partial charge in [-0.05, 0) is 37.8 Å². The van der Waals surface area contributed by atoms with Gasteiger partial charge in [-0.2, -0.15) is 0 Å². The molecule has 3 aromatic heterocycles. The molecule has 36 heavy (non-hydrogen) atoms. The molecule has 8 nitrogen and oxygen atoms in total. The summed E-state index contributed by atoms with van der Waals surface area (Å²) in [6.07, 6.45) is 2.74. The van der Waals surface area contributed by atoms with Gasteiger partial charge in [0, 0.05) is 38.0 Å². The highest BCUT2D eigenvalue weighted by Crippen LogP contribution is 2.37. The van der Waals surface area contributed by atoms with Crippen molar-refractivity contribution in [3.8, 4) is 11.4 Å². The summed E-state index contributed by atoms with van der Waals surface area (Å²) < 4.78 is 20.5. The third-order valence-corrected chi connectivity index (χ3v) is 8.13. The van der Waals surface area contributed by atoms with Crippen LogP contribution in [-0.4, -0.2) is 57.6 Å². The number of halogens is 3. The van der Waals surface area contributed by atoms with E-state index in [1.165, 1.54) is 18.3 Å². The minimum absolute atomic E-state index is 0.00226. The number of carboxylic acid groups (broad SMARTS) is 1. The maximum atomic E-state index is 14.4. The Kier molecular flexibility index (Phi) is 8.29. The first-order valence-corrected chi connectivity index (χ1v) is 13.1. The van der Waals surface area contributed by atoms with Crippen LogP contribution in [0.2, 0.25) is 10.0 Å². The molecule has 1 aliphatic rings. The van der Waals surface area contributed by atoms with Crippen LogP contribution in [0.15, 0.2) is 18.3 Å². The van der Waals surface area contributed by atoms with E-state index >= 15 is 0 Å². The second-order valence-electron chi connectivity index (χ2n) is 8.60. The van der Waals surface area contributed by atoms with Gasteiger partial charge < -0.3 is 19.7 Å². The number of pyridine rings is 1. The molecule has 192 valence electrons. The number of carboxylic acids is 1. The van der Waals surface area contributed by atoms with Crippen molar-refractivity contribution in [1.82, 2.24) is 15.0 Å². The number of nitrogens with one attached hydrogen (secondary N) is 1. The van der Waals surface area contributed by atoms with E-state index < -0.39 is 11.8 Å². The number of anilines is 1. The van der Waals surface area contributed by atoms with Crippen LogP contribution in [-0.2, 0) is 4.74 Å². The van der Waals surface area contributed by atoms with Crippen LogP contribution in [0, 0.1) is 18.7 Å². The summed E-state index contributed by atoms with van der Waals surface area (Å²) in [6, 6.07) is 2.65. The molecule has 2 atom stereocenters. The van der Waals surface area contributed by atoms with Crippen molar-refractivity contribution in [1.29, 1.82) is 0 Å². The van der Waals surface area contributed by atoms with Crippen LogP contribution in [0.5, 0.6) is 0 Å². The summed E-state index contributed by atoms with van der Waals surface area (Å²) in [5, 5.41) is 10.7. The highest BCUT2D eigenvalue weighted by atomic mass is 35.5. The quantitative estimate of drug-likeness (QED) is 0.318. The lowest BCUT2D eigenvalue weighted by Gasteiger charge is -2.38. The zero-order chi connectivity index (χ0) is 26.0. The summed E-state index contributed by atoms with van der Waals surface area (Å²) in [6.45, 7) is 5.20. The van der Waals surface area contributed by atoms with Crippen LogP contribution in [0.3, 0.4) is 0 Å². The summed E-state index contributed by atoms with van der Waals surface area (Å²) in [4.78, 5) is 38.2. The number of hydrogen-bond acceptors (Lipinski definition) is 7. The predicted octanol–water partition coefficient (Wildman–Crippen LogP) is 5.88. The molecule has 3 aromatic rings. The van der Waals surface area contributed by atoms with E-state index in [0.717, 1.165) is 17.8 Å². The van der Waals surface area contributed by atoms with Crippen LogP contribution < -0.4 is 4.90 Å². The first kappa shape index (κ1) is 26.5. The standard InChI is InChI=1S/C24H25Cl2FN4O4S/c1-3-9-35-16-11-31(8-6-13(16)10-15(32)20-18(26)17(25)12(2)29-20)24-30-21(22(36-24)23(33)34)19-14(27)5-4-7-28-19/h4-5,7,13,16,29H,3,6,8-11H2,1-2H3,(H,33,34)/t13-,16-/m0/s1. The van der Waals surface area contributed by atoms with Crippen LogP contribution in [0.4, 0.5) is 9.52 Å². The van der Waals surface area contributed by atoms with E-state index in [0.29, 0.717) is 47.7 Å². The van der Waals surface area contributed by atoms with Crippen molar-refractivity contribution < 1.29 is 23.8 Å². The number of ether oxygens (including phenoxy) is 1. The van der Waals surface area contributed by atoms with Gasteiger partial charge in [-0.1, -0.05) is 41.5 Å². The Morgan fingerprint density at radius 1 is 1.33 bits per heavy atom. The summed E-state index contributed by atoms with van der Waals surface area (Å²) in [7, 11) is 0. The van der Waals surface area contributed by atoms with Gasteiger partial charge in [-0.15, -0.1) is 0 Å². The van der Waals surface area contributed by atoms with E-state index in [1.807, 2.05) is 11.8 Å². The monoisotopic (exact) mass is 554 g/mol. The molecule has 1 fully saturated rings. The van der Waals surface area contributed by atoms with E-state index in [1.54, 1.807) is 6.92 Å². The number of piperidine rings is 1. The smallest absolute Gasteiger partial charge is 0.348 e. The summed E-state index contributed by atoms with van der Waals surface area (Å²) in [5.74, 6) is -2.06. The van der Waals surface area contributed by atoms with E-state index in [4.69, 9.17) is 27.9 Å². The van der Waals surface area contributed by atoms with Gasteiger partial charge in [0.2, 0.25) is 0 Å². The molecule has 0 aliphatic carbocycles. The maximum absolute atomic E-state index is 14.4. The number of rotatable bonds is 9. The Morgan fingerprint density at radius 2 is 2.11 bits per heavy atom. The Morgan fingerprint density at radius 3 is 2.75 bits per heavy atom. The molecule has 2 N–H and O–H groups in total.